The average Bonchev–Trinajstić information content (AvgIpc) is 2.41. The largest absolute Gasteiger partial charge is 0.389 e. The predicted octanol–water partition coefficient (Wildman–Crippen LogP) is 3.61. The highest BCUT2D eigenvalue weighted by atomic mass is 79.9. The SMILES string of the molecule is NC(=S)c1c(F)cccc1NC(=O)c1cc(F)ccc1Br. The maximum Gasteiger partial charge on any atom is 0.256 e. The fourth-order valence-corrected chi connectivity index (χ4v) is 2.37. The lowest BCUT2D eigenvalue weighted by atomic mass is 10.1. The molecule has 0 atom stereocenters. The van der Waals surface area contributed by atoms with Gasteiger partial charge in [0.1, 0.15) is 16.6 Å². The monoisotopic (exact) mass is 370 g/mol. The van der Waals surface area contributed by atoms with Crippen LogP contribution < -0.4 is 11.1 Å². The Morgan fingerprint density at radius 2 is 1.95 bits per heavy atom. The summed E-state index contributed by atoms with van der Waals surface area (Å²) in [5.74, 6) is -1.81. The van der Waals surface area contributed by atoms with Crippen molar-refractivity contribution in [3.63, 3.8) is 0 Å². The second-order valence-corrected chi connectivity index (χ2v) is 5.40. The van der Waals surface area contributed by atoms with Gasteiger partial charge >= 0.3 is 0 Å². The average molecular weight is 371 g/mol. The summed E-state index contributed by atoms with van der Waals surface area (Å²) in [6.07, 6.45) is 0. The van der Waals surface area contributed by atoms with Crippen LogP contribution in [0.5, 0.6) is 0 Å². The van der Waals surface area contributed by atoms with Crippen molar-refractivity contribution in [1.29, 1.82) is 0 Å². The topological polar surface area (TPSA) is 55.1 Å². The number of hydrogen-bond acceptors (Lipinski definition) is 2. The van der Waals surface area contributed by atoms with Gasteiger partial charge in [0.15, 0.2) is 0 Å². The van der Waals surface area contributed by atoms with E-state index >= 15 is 0 Å². The molecule has 21 heavy (non-hydrogen) atoms. The summed E-state index contributed by atoms with van der Waals surface area (Å²) in [5.41, 5.74) is 5.60. The minimum Gasteiger partial charge on any atom is -0.389 e. The molecule has 0 aliphatic rings. The van der Waals surface area contributed by atoms with Crippen molar-refractivity contribution in [2.24, 2.45) is 5.73 Å². The van der Waals surface area contributed by atoms with Gasteiger partial charge < -0.3 is 11.1 Å². The molecule has 1 amide bonds. The molecule has 7 heteroatoms. The van der Waals surface area contributed by atoms with Crippen LogP contribution in [-0.2, 0) is 0 Å². The zero-order chi connectivity index (χ0) is 15.6. The Morgan fingerprint density at radius 1 is 1.24 bits per heavy atom. The maximum atomic E-state index is 13.7. The Labute approximate surface area is 133 Å². The second kappa shape index (κ2) is 6.28. The van der Waals surface area contributed by atoms with Gasteiger partial charge in [0.2, 0.25) is 0 Å². The van der Waals surface area contributed by atoms with Gasteiger partial charge in [-0.3, -0.25) is 4.79 Å². The third kappa shape index (κ3) is 3.43. The lowest BCUT2D eigenvalue weighted by Crippen LogP contribution is -2.19. The van der Waals surface area contributed by atoms with Gasteiger partial charge in [0.05, 0.1) is 16.8 Å². The van der Waals surface area contributed by atoms with Gasteiger partial charge in [0.25, 0.3) is 5.91 Å². The van der Waals surface area contributed by atoms with Crippen molar-refractivity contribution < 1.29 is 13.6 Å². The molecule has 108 valence electrons. The van der Waals surface area contributed by atoms with E-state index in [4.69, 9.17) is 18.0 Å². The number of carbonyl (C=O) groups is 1. The number of hydrogen-bond donors (Lipinski definition) is 2. The summed E-state index contributed by atoms with van der Waals surface area (Å²) < 4.78 is 27.3. The molecule has 2 aromatic carbocycles. The number of thiocarbonyl (C=S) groups is 1. The molecule has 3 N–H and O–H groups in total. The summed E-state index contributed by atoms with van der Waals surface area (Å²) in [6, 6.07) is 7.74. The standard InChI is InChI=1S/C14H9BrF2N2OS/c15-9-5-4-7(16)6-8(9)14(20)19-11-3-1-2-10(17)12(11)13(18)21/h1-6H,(H2,18,21)(H,19,20). The lowest BCUT2D eigenvalue weighted by molar-refractivity contribution is 0.102. The summed E-state index contributed by atoms with van der Waals surface area (Å²) in [7, 11) is 0. The van der Waals surface area contributed by atoms with Crippen LogP contribution in [0.25, 0.3) is 0 Å². The van der Waals surface area contributed by atoms with E-state index < -0.39 is 17.5 Å². The highest BCUT2D eigenvalue weighted by molar-refractivity contribution is 9.10. The number of benzene rings is 2. The molecule has 0 aliphatic heterocycles. The first-order valence-corrected chi connectivity index (χ1v) is 6.95. The van der Waals surface area contributed by atoms with Crippen molar-refractivity contribution in [3.8, 4) is 0 Å². The fraction of sp³-hybridized carbons (Fsp3) is 0. The molecule has 0 saturated heterocycles. The fourth-order valence-electron chi connectivity index (χ4n) is 1.74. The first kappa shape index (κ1) is 15.5. The van der Waals surface area contributed by atoms with Gasteiger partial charge in [-0.1, -0.05) is 18.3 Å². The van der Waals surface area contributed by atoms with Crippen LogP contribution in [0.4, 0.5) is 14.5 Å². The van der Waals surface area contributed by atoms with Gasteiger partial charge in [-0.25, -0.2) is 8.78 Å². The van der Waals surface area contributed by atoms with Crippen LogP contribution in [0.3, 0.4) is 0 Å². The summed E-state index contributed by atoms with van der Waals surface area (Å²) in [6.45, 7) is 0. The van der Waals surface area contributed by atoms with Crippen LogP contribution >= 0.6 is 28.1 Å². The van der Waals surface area contributed by atoms with Crippen molar-refractivity contribution >= 4 is 44.7 Å². The number of rotatable bonds is 3. The second-order valence-electron chi connectivity index (χ2n) is 4.10. The molecule has 2 aromatic rings. The van der Waals surface area contributed by atoms with Gasteiger partial charge in [0, 0.05) is 4.47 Å². The molecule has 0 bridgehead atoms. The zero-order valence-corrected chi connectivity index (χ0v) is 12.9. The first-order chi connectivity index (χ1) is 9.90. The third-order valence-electron chi connectivity index (χ3n) is 2.68. The highest BCUT2D eigenvalue weighted by Crippen LogP contribution is 2.22. The number of halogens is 3. The molecule has 0 fully saturated rings. The van der Waals surface area contributed by atoms with E-state index in [0.717, 1.165) is 6.07 Å². The smallest absolute Gasteiger partial charge is 0.256 e. The van der Waals surface area contributed by atoms with E-state index in [-0.39, 0.29) is 21.8 Å². The molecule has 0 heterocycles. The van der Waals surface area contributed by atoms with Crippen LogP contribution in [0, 0.1) is 11.6 Å². The molecule has 0 aliphatic carbocycles. The predicted molar refractivity (Wildman–Crippen MR) is 84.3 cm³/mol. The molecule has 0 unspecified atom stereocenters. The molecule has 0 aromatic heterocycles. The van der Waals surface area contributed by atoms with E-state index in [1.165, 1.54) is 30.3 Å². The Morgan fingerprint density at radius 3 is 2.62 bits per heavy atom. The Balaban J connectivity index is 2.39. The maximum absolute atomic E-state index is 13.7. The Kier molecular flexibility index (Phi) is 4.64. The van der Waals surface area contributed by atoms with Gasteiger partial charge in [-0.2, -0.15) is 0 Å². The van der Waals surface area contributed by atoms with Gasteiger partial charge in [-0.05, 0) is 46.3 Å². The number of carbonyl (C=O) groups excluding carboxylic acids is 1. The quantitative estimate of drug-likeness (QED) is 0.811. The summed E-state index contributed by atoms with van der Waals surface area (Å²) in [4.78, 5) is 12.0. The van der Waals surface area contributed by atoms with E-state index in [1.54, 1.807) is 0 Å². The van der Waals surface area contributed by atoms with Gasteiger partial charge in [-0.15, -0.1) is 0 Å². The molecule has 3 nitrogen and oxygen atoms in total. The van der Waals surface area contributed by atoms with Crippen LogP contribution in [0.2, 0.25) is 0 Å². The molecule has 0 saturated carbocycles. The summed E-state index contributed by atoms with van der Waals surface area (Å²) in [5, 5.41) is 2.47. The van der Waals surface area contributed by atoms with Crippen molar-refractivity contribution in [1.82, 2.24) is 0 Å². The minimum absolute atomic E-state index is 0.0617. The number of nitrogens with one attached hydrogen (secondary N) is 1. The van der Waals surface area contributed by atoms with Crippen molar-refractivity contribution in [3.05, 3.63) is 63.6 Å². The molecule has 0 radical (unpaired) electrons. The van der Waals surface area contributed by atoms with E-state index in [1.807, 2.05) is 0 Å². The van der Waals surface area contributed by atoms with E-state index in [0.29, 0.717) is 4.47 Å². The third-order valence-corrected chi connectivity index (χ3v) is 3.58. The Bertz CT molecular complexity index is 737. The van der Waals surface area contributed by atoms with Crippen molar-refractivity contribution in [2.45, 2.75) is 0 Å². The lowest BCUT2D eigenvalue weighted by Gasteiger charge is -2.11. The number of amides is 1. The summed E-state index contributed by atoms with van der Waals surface area (Å²) >= 11 is 7.92. The van der Waals surface area contributed by atoms with E-state index in [9.17, 15) is 13.6 Å². The highest BCUT2D eigenvalue weighted by Gasteiger charge is 2.16. The number of anilines is 1. The minimum atomic E-state index is -0.640. The normalized spacial score (nSPS) is 10.2. The zero-order valence-electron chi connectivity index (χ0n) is 10.5. The van der Waals surface area contributed by atoms with Crippen LogP contribution in [0.15, 0.2) is 40.9 Å². The molecule has 2 rings (SSSR count). The molecular formula is C14H9BrF2N2OS. The van der Waals surface area contributed by atoms with Crippen LogP contribution in [-0.4, -0.2) is 10.9 Å². The first-order valence-electron chi connectivity index (χ1n) is 5.75. The molecular weight excluding hydrogens is 362 g/mol. The van der Waals surface area contributed by atoms with Crippen molar-refractivity contribution in [2.75, 3.05) is 5.32 Å². The molecule has 0 spiro atoms. The van der Waals surface area contributed by atoms with Crippen LogP contribution in [0.1, 0.15) is 15.9 Å². The van der Waals surface area contributed by atoms with E-state index in [2.05, 4.69) is 21.2 Å². The number of nitrogens with two attached hydrogens (primary N) is 1. The Hall–Kier alpha value is -1.86.